The molecule has 1 amide bonds. The number of likely N-dealkylation sites (tertiary alicyclic amines) is 1. The minimum atomic E-state index is 0. The summed E-state index contributed by atoms with van der Waals surface area (Å²) in [5, 5.41) is 9.90. The molecular formula is C21H30IN5OS. The van der Waals surface area contributed by atoms with Gasteiger partial charge in [0.15, 0.2) is 5.96 Å². The van der Waals surface area contributed by atoms with Gasteiger partial charge in [-0.3, -0.25) is 4.79 Å². The van der Waals surface area contributed by atoms with Crippen LogP contribution in [0.1, 0.15) is 41.6 Å². The molecule has 1 aliphatic heterocycles. The molecule has 2 aromatic rings. The summed E-state index contributed by atoms with van der Waals surface area (Å²) in [7, 11) is 0. The van der Waals surface area contributed by atoms with Gasteiger partial charge in [0.25, 0.3) is 0 Å². The Hall–Kier alpha value is -1.68. The number of thiazole rings is 1. The molecule has 1 fully saturated rings. The number of hydrogen-bond acceptors (Lipinski definition) is 4. The van der Waals surface area contributed by atoms with E-state index in [1.807, 2.05) is 24.0 Å². The third kappa shape index (κ3) is 7.26. The van der Waals surface area contributed by atoms with E-state index < -0.39 is 0 Å². The molecule has 0 saturated carbocycles. The largest absolute Gasteiger partial charge is 0.357 e. The van der Waals surface area contributed by atoms with Gasteiger partial charge in [0, 0.05) is 44.4 Å². The van der Waals surface area contributed by atoms with E-state index in [0.717, 1.165) is 54.7 Å². The number of nitrogens with one attached hydrogen (secondary N) is 2. The lowest BCUT2D eigenvalue weighted by Gasteiger charge is -2.18. The summed E-state index contributed by atoms with van der Waals surface area (Å²) in [6.45, 7) is 7.82. The predicted octanol–water partition coefficient (Wildman–Crippen LogP) is 3.49. The lowest BCUT2D eigenvalue weighted by molar-refractivity contribution is -0.128. The van der Waals surface area contributed by atoms with Crippen LogP contribution in [0, 0.1) is 6.92 Å². The van der Waals surface area contributed by atoms with Gasteiger partial charge in [-0.25, -0.2) is 9.98 Å². The highest BCUT2D eigenvalue weighted by Gasteiger charge is 2.20. The Kier molecular flexibility index (Phi) is 9.86. The van der Waals surface area contributed by atoms with E-state index >= 15 is 0 Å². The van der Waals surface area contributed by atoms with Crippen LogP contribution in [-0.2, 0) is 24.3 Å². The van der Waals surface area contributed by atoms with E-state index in [-0.39, 0.29) is 29.9 Å². The summed E-state index contributed by atoms with van der Waals surface area (Å²) in [4.78, 5) is 23.1. The van der Waals surface area contributed by atoms with Gasteiger partial charge in [-0.1, -0.05) is 24.3 Å². The number of aromatic nitrogens is 1. The molecule has 2 heterocycles. The predicted molar refractivity (Wildman–Crippen MR) is 130 cm³/mol. The average Bonchev–Trinajstić information content (AvgIpc) is 3.29. The Morgan fingerprint density at radius 2 is 2.07 bits per heavy atom. The number of amides is 1. The summed E-state index contributed by atoms with van der Waals surface area (Å²) in [5.41, 5.74) is 3.45. The van der Waals surface area contributed by atoms with Gasteiger partial charge < -0.3 is 15.5 Å². The first-order chi connectivity index (χ1) is 13.7. The van der Waals surface area contributed by atoms with Crippen LogP contribution in [0.15, 0.2) is 34.6 Å². The van der Waals surface area contributed by atoms with Gasteiger partial charge in [-0.2, -0.15) is 0 Å². The van der Waals surface area contributed by atoms with Gasteiger partial charge >= 0.3 is 0 Å². The number of guanidine groups is 1. The second-order valence-electron chi connectivity index (χ2n) is 6.92. The first kappa shape index (κ1) is 23.6. The number of carbonyl (C=O) groups is 1. The minimum absolute atomic E-state index is 0. The highest BCUT2D eigenvalue weighted by atomic mass is 127. The highest BCUT2D eigenvalue weighted by Crippen LogP contribution is 2.17. The molecule has 0 aliphatic carbocycles. The van der Waals surface area contributed by atoms with Crippen LogP contribution in [0.4, 0.5) is 0 Å². The van der Waals surface area contributed by atoms with Crippen LogP contribution in [0.25, 0.3) is 0 Å². The Balaban J connectivity index is 0.00000300. The normalized spacial score (nSPS) is 14.1. The Morgan fingerprint density at radius 1 is 1.28 bits per heavy atom. The topological polar surface area (TPSA) is 69.6 Å². The molecule has 1 aliphatic rings. The number of hydrogen-bond donors (Lipinski definition) is 2. The minimum Gasteiger partial charge on any atom is -0.357 e. The molecule has 1 saturated heterocycles. The van der Waals surface area contributed by atoms with Crippen molar-refractivity contribution in [2.45, 2.75) is 46.2 Å². The molecule has 0 bridgehead atoms. The fourth-order valence-corrected chi connectivity index (χ4v) is 3.93. The van der Waals surface area contributed by atoms with Crippen LogP contribution in [0.3, 0.4) is 0 Å². The van der Waals surface area contributed by atoms with Gasteiger partial charge in [0.2, 0.25) is 5.91 Å². The van der Waals surface area contributed by atoms with Crippen LogP contribution in [0.2, 0.25) is 0 Å². The number of aliphatic imine (C=N–C) groups is 1. The number of nitrogens with zero attached hydrogens (tertiary/aromatic N) is 3. The molecule has 1 aromatic heterocycles. The van der Waals surface area contributed by atoms with E-state index in [9.17, 15) is 4.79 Å². The summed E-state index contributed by atoms with van der Waals surface area (Å²) < 4.78 is 0. The lowest BCUT2D eigenvalue weighted by atomic mass is 10.1. The quantitative estimate of drug-likeness (QED) is 0.314. The molecule has 6 nitrogen and oxygen atoms in total. The Morgan fingerprint density at radius 3 is 2.72 bits per heavy atom. The zero-order chi connectivity index (χ0) is 19.8. The zero-order valence-electron chi connectivity index (χ0n) is 17.1. The smallest absolute Gasteiger partial charge is 0.222 e. The number of benzene rings is 1. The number of aryl methyl sites for hydroxylation is 1. The third-order valence-electron chi connectivity index (χ3n) is 4.74. The second kappa shape index (κ2) is 12.1. The first-order valence-corrected chi connectivity index (χ1v) is 10.8. The maximum Gasteiger partial charge on any atom is 0.222 e. The van der Waals surface area contributed by atoms with Crippen molar-refractivity contribution in [1.82, 2.24) is 20.5 Å². The monoisotopic (exact) mass is 527 g/mol. The molecule has 29 heavy (non-hydrogen) atoms. The SMILES string of the molecule is CCNC(=NCc1ccccc1CN1CCCC1=O)NCCc1csc(C)n1.I. The molecule has 8 heteroatoms. The van der Waals surface area contributed by atoms with Crippen molar-refractivity contribution >= 4 is 47.2 Å². The third-order valence-corrected chi connectivity index (χ3v) is 5.57. The maximum absolute atomic E-state index is 12.0. The van der Waals surface area contributed by atoms with Crippen molar-refractivity contribution in [3.63, 3.8) is 0 Å². The van der Waals surface area contributed by atoms with E-state index in [1.165, 1.54) is 5.56 Å². The number of carbonyl (C=O) groups excluding carboxylic acids is 1. The van der Waals surface area contributed by atoms with Gasteiger partial charge in [-0.15, -0.1) is 35.3 Å². The molecule has 0 unspecified atom stereocenters. The Bertz CT molecular complexity index is 823. The fraction of sp³-hybridized carbons (Fsp3) is 0.476. The van der Waals surface area contributed by atoms with Crippen molar-refractivity contribution in [3.8, 4) is 0 Å². The van der Waals surface area contributed by atoms with E-state index in [0.29, 0.717) is 19.5 Å². The number of halogens is 1. The summed E-state index contributed by atoms with van der Waals surface area (Å²) in [6, 6.07) is 8.26. The molecule has 2 N–H and O–H groups in total. The second-order valence-corrected chi connectivity index (χ2v) is 7.98. The summed E-state index contributed by atoms with van der Waals surface area (Å²) >= 11 is 1.68. The van der Waals surface area contributed by atoms with Crippen molar-refractivity contribution < 1.29 is 4.79 Å². The molecular weight excluding hydrogens is 497 g/mol. The molecule has 1 aromatic carbocycles. The summed E-state index contributed by atoms with van der Waals surface area (Å²) in [6.07, 6.45) is 2.52. The van der Waals surface area contributed by atoms with Crippen LogP contribution >= 0.6 is 35.3 Å². The lowest BCUT2D eigenvalue weighted by Crippen LogP contribution is -2.38. The fourth-order valence-electron chi connectivity index (χ4n) is 3.28. The zero-order valence-corrected chi connectivity index (χ0v) is 20.3. The molecule has 0 radical (unpaired) electrons. The van der Waals surface area contributed by atoms with Crippen molar-refractivity contribution in [1.29, 1.82) is 0 Å². The van der Waals surface area contributed by atoms with E-state index in [4.69, 9.17) is 4.99 Å². The number of rotatable bonds is 8. The van der Waals surface area contributed by atoms with Crippen LogP contribution in [-0.4, -0.2) is 41.4 Å². The van der Waals surface area contributed by atoms with Crippen molar-refractivity contribution in [3.05, 3.63) is 51.5 Å². The van der Waals surface area contributed by atoms with Gasteiger partial charge in [0.1, 0.15) is 0 Å². The molecule has 158 valence electrons. The van der Waals surface area contributed by atoms with Gasteiger partial charge in [0.05, 0.1) is 17.2 Å². The average molecular weight is 527 g/mol. The summed E-state index contributed by atoms with van der Waals surface area (Å²) in [5.74, 6) is 1.06. The van der Waals surface area contributed by atoms with Crippen molar-refractivity contribution in [2.75, 3.05) is 19.6 Å². The van der Waals surface area contributed by atoms with Crippen molar-refractivity contribution in [2.24, 2.45) is 4.99 Å². The van der Waals surface area contributed by atoms with Crippen LogP contribution < -0.4 is 10.6 Å². The highest BCUT2D eigenvalue weighted by molar-refractivity contribution is 14.0. The maximum atomic E-state index is 12.0. The van der Waals surface area contributed by atoms with E-state index in [1.54, 1.807) is 11.3 Å². The van der Waals surface area contributed by atoms with E-state index in [2.05, 4.69) is 40.1 Å². The van der Waals surface area contributed by atoms with Crippen LogP contribution in [0.5, 0.6) is 0 Å². The molecule has 0 atom stereocenters. The Labute approximate surface area is 194 Å². The molecule has 3 rings (SSSR count). The standard InChI is InChI=1S/C21H29N5OS.HI/c1-3-22-21(23-11-10-19-15-28-16(2)25-19)24-13-17-7-4-5-8-18(17)14-26-12-6-9-20(26)27;/h4-5,7-8,15H,3,6,9-14H2,1-2H3,(H2,22,23,24);1H. The molecule has 0 spiro atoms. The first-order valence-electron chi connectivity index (χ1n) is 9.93. The van der Waals surface area contributed by atoms with Gasteiger partial charge in [-0.05, 0) is 31.4 Å².